The standard InChI is InChI=1S/C30H35FN4O7S/c1-19-16-35(20(2)18-36)29(37)25-6-5-7-26(33-43(39,40)24-14-12-23(41-4)13-15-24)28(25)42-27(19)17-34(3)30(38)32-22-10-8-21(31)9-11-22/h5-15,19-20,27,33,36H,16-18H2,1-4H3,(H,32,38)/t19-,20+,27+/m0/s1. The van der Waals surface area contributed by atoms with Crippen LogP contribution in [0.15, 0.2) is 71.6 Å². The lowest BCUT2D eigenvalue weighted by molar-refractivity contribution is 0.0373. The molecule has 0 saturated heterocycles. The molecule has 1 aliphatic heterocycles. The van der Waals surface area contributed by atoms with Crippen molar-refractivity contribution in [2.75, 3.05) is 43.9 Å². The van der Waals surface area contributed by atoms with Crippen molar-refractivity contribution in [3.05, 3.63) is 78.1 Å². The van der Waals surface area contributed by atoms with Crippen LogP contribution in [0, 0.1) is 11.7 Å². The van der Waals surface area contributed by atoms with Gasteiger partial charge in [0.25, 0.3) is 15.9 Å². The Hall–Kier alpha value is -4.36. The van der Waals surface area contributed by atoms with Crippen LogP contribution >= 0.6 is 0 Å². The fourth-order valence-corrected chi connectivity index (χ4v) is 5.67. The quantitative estimate of drug-likeness (QED) is 0.331. The average Bonchev–Trinajstić information content (AvgIpc) is 2.99. The Balaban J connectivity index is 1.68. The van der Waals surface area contributed by atoms with Crippen LogP contribution in [0.5, 0.6) is 11.5 Å². The van der Waals surface area contributed by atoms with Gasteiger partial charge in [-0.15, -0.1) is 0 Å². The Kier molecular flexibility index (Phi) is 9.77. The molecule has 3 aromatic rings. The molecule has 0 bridgehead atoms. The van der Waals surface area contributed by atoms with E-state index < -0.39 is 39.9 Å². The molecule has 0 aliphatic carbocycles. The third-order valence-electron chi connectivity index (χ3n) is 7.20. The highest BCUT2D eigenvalue weighted by Crippen LogP contribution is 2.36. The third-order valence-corrected chi connectivity index (χ3v) is 8.58. The second-order valence-corrected chi connectivity index (χ2v) is 12.1. The molecule has 3 atom stereocenters. The molecule has 1 aliphatic rings. The number of fused-ring (bicyclic) bond motifs is 1. The van der Waals surface area contributed by atoms with Gasteiger partial charge in [-0.05, 0) is 67.6 Å². The molecule has 3 N–H and O–H groups in total. The number of urea groups is 1. The highest BCUT2D eigenvalue weighted by atomic mass is 32.2. The van der Waals surface area contributed by atoms with Gasteiger partial charge < -0.3 is 29.7 Å². The molecule has 0 spiro atoms. The van der Waals surface area contributed by atoms with Crippen molar-refractivity contribution in [2.45, 2.75) is 30.9 Å². The van der Waals surface area contributed by atoms with Gasteiger partial charge >= 0.3 is 6.03 Å². The van der Waals surface area contributed by atoms with Crippen molar-refractivity contribution in [2.24, 2.45) is 5.92 Å². The number of rotatable bonds is 9. The number of likely N-dealkylation sites (N-methyl/N-ethyl adjacent to an activating group) is 1. The van der Waals surface area contributed by atoms with Crippen molar-refractivity contribution < 1.29 is 37.0 Å². The van der Waals surface area contributed by atoms with Gasteiger partial charge in [0.2, 0.25) is 0 Å². The SMILES string of the molecule is COc1ccc(S(=O)(=O)Nc2cccc3c2O[C@H](CN(C)C(=O)Nc2ccc(F)cc2)[C@@H](C)CN([C@H](C)CO)C3=O)cc1. The maximum atomic E-state index is 13.7. The monoisotopic (exact) mass is 614 g/mol. The van der Waals surface area contributed by atoms with Crippen LogP contribution in [0.2, 0.25) is 0 Å². The lowest BCUT2D eigenvalue weighted by Gasteiger charge is -2.38. The molecule has 0 saturated carbocycles. The molecule has 43 heavy (non-hydrogen) atoms. The molecule has 1 heterocycles. The van der Waals surface area contributed by atoms with E-state index in [1.807, 2.05) is 6.92 Å². The Labute approximate surface area is 250 Å². The van der Waals surface area contributed by atoms with Crippen LogP contribution in [-0.2, 0) is 10.0 Å². The van der Waals surface area contributed by atoms with E-state index in [2.05, 4.69) is 10.0 Å². The first kappa shape index (κ1) is 31.6. The summed E-state index contributed by atoms with van der Waals surface area (Å²) in [6, 6.07) is 14.7. The van der Waals surface area contributed by atoms with Crippen LogP contribution in [0.4, 0.5) is 20.6 Å². The lowest BCUT2D eigenvalue weighted by atomic mass is 9.99. The molecule has 0 unspecified atom stereocenters. The zero-order valence-corrected chi connectivity index (χ0v) is 25.1. The highest BCUT2D eigenvalue weighted by molar-refractivity contribution is 7.92. The molecule has 3 amide bonds. The Morgan fingerprint density at radius 1 is 1.16 bits per heavy atom. The summed E-state index contributed by atoms with van der Waals surface area (Å²) in [5.74, 6) is -0.728. The Morgan fingerprint density at radius 2 is 1.84 bits per heavy atom. The van der Waals surface area contributed by atoms with Gasteiger partial charge in [-0.25, -0.2) is 17.6 Å². The number of nitrogens with zero attached hydrogens (tertiary/aromatic N) is 2. The molecular formula is C30H35FN4O7S. The summed E-state index contributed by atoms with van der Waals surface area (Å²) in [5.41, 5.74) is 0.542. The van der Waals surface area contributed by atoms with E-state index in [1.54, 1.807) is 14.0 Å². The molecule has 13 heteroatoms. The predicted molar refractivity (Wildman–Crippen MR) is 159 cm³/mol. The molecule has 4 rings (SSSR count). The minimum Gasteiger partial charge on any atom is -0.497 e. The molecule has 0 radical (unpaired) electrons. The second kappa shape index (κ2) is 13.3. The zero-order valence-electron chi connectivity index (χ0n) is 24.3. The summed E-state index contributed by atoms with van der Waals surface area (Å²) in [6.07, 6.45) is -0.698. The van der Waals surface area contributed by atoms with E-state index in [9.17, 15) is 27.5 Å². The van der Waals surface area contributed by atoms with Gasteiger partial charge in [-0.3, -0.25) is 9.52 Å². The van der Waals surface area contributed by atoms with Gasteiger partial charge in [0.1, 0.15) is 17.7 Å². The van der Waals surface area contributed by atoms with E-state index >= 15 is 0 Å². The number of amides is 3. The maximum Gasteiger partial charge on any atom is 0.321 e. The number of aliphatic hydroxyl groups excluding tert-OH is 1. The number of carbonyl (C=O) groups excluding carboxylic acids is 2. The molecule has 0 aromatic heterocycles. The summed E-state index contributed by atoms with van der Waals surface area (Å²) in [7, 11) is -1.07. The Bertz CT molecular complexity index is 1550. The average molecular weight is 615 g/mol. The summed E-state index contributed by atoms with van der Waals surface area (Å²) < 4.78 is 54.0. The number of para-hydroxylation sites is 1. The van der Waals surface area contributed by atoms with Crippen LogP contribution in [0.25, 0.3) is 0 Å². The first-order valence-electron chi connectivity index (χ1n) is 13.6. The summed E-state index contributed by atoms with van der Waals surface area (Å²) in [4.78, 5) is 29.5. The van der Waals surface area contributed by atoms with E-state index in [0.29, 0.717) is 11.4 Å². The molecule has 11 nitrogen and oxygen atoms in total. The van der Waals surface area contributed by atoms with Crippen molar-refractivity contribution in [3.8, 4) is 11.5 Å². The zero-order chi connectivity index (χ0) is 31.3. The van der Waals surface area contributed by atoms with Crippen LogP contribution in [-0.4, -0.2) is 81.3 Å². The number of anilines is 2. The second-order valence-electron chi connectivity index (χ2n) is 10.4. The number of nitrogens with one attached hydrogen (secondary N) is 2. The van der Waals surface area contributed by atoms with Gasteiger partial charge in [0.05, 0.1) is 42.4 Å². The summed E-state index contributed by atoms with van der Waals surface area (Å²) in [6.45, 7) is 3.53. The topological polar surface area (TPSA) is 138 Å². The fraction of sp³-hybridized carbons (Fsp3) is 0.333. The van der Waals surface area contributed by atoms with E-state index in [-0.39, 0.29) is 47.5 Å². The van der Waals surface area contributed by atoms with Crippen molar-refractivity contribution in [1.82, 2.24) is 9.80 Å². The highest BCUT2D eigenvalue weighted by Gasteiger charge is 2.35. The number of carbonyl (C=O) groups is 2. The normalized spacial score (nSPS) is 17.5. The predicted octanol–water partition coefficient (Wildman–Crippen LogP) is 4.02. The number of hydrogen-bond acceptors (Lipinski definition) is 7. The molecule has 3 aromatic carbocycles. The number of aliphatic hydroxyl groups is 1. The Morgan fingerprint density at radius 3 is 2.47 bits per heavy atom. The van der Waals surface area contributed by atoms with Gasteiger partial charge in [0.15, 0.2) is 5.75 Å². The van der Waals surface area contributed by atoms with Crippen molar-refractivity contribution in [1.29, 1.82) is 0 Å². The minimum atomic E-state index is -4.10. The van der Waals surface area contributed by atoms with Gasteiger partial charge in [0, 0.05) is 25.2 Å². The number of hydrogen-bond donors (Lipinski definition) is 3. The minimum absolute atomic E-state index is 0.00335. The van der Waals surface area contributed by atoms with Crippen LogP contribution < -0.4 is 19.5 Å². The number of ether oxygens (including phenoxy) is 2. The fourth-order valence-electron chi connectivity index (χ4n) is 4.61. The van der Waals surface area contributed by atoms with E-state index in [1.165, 1.54) is 83.6 Å². The van der Waals surface area contributed by atoms with E-state index in [0.717, 1.165) is 0 Å². The van der Waals surface area contributed by atoms with Crippen molar-refractivity contribution >= 4 is 33.3 Å². The summed E-state index contributed by atoms with van der Waals surface area (Å²) >= 11 is 0. The van der Waals surface area contributed by atoms with Crippen LogP contribution in [0.3, 0.4) is 0 Å². The summed E-state index contributed by atoms with van der Waals surface area (Å²) in [5, 5.41) is 12.6. The maximum absolute atomic E-state index is 13.7. The van der Waals surface area contributed by atoms with E-state index in [4.69, 9.17) is 9.47 Å². The number of methoxy groups -OCH3 is 1. The third kappa shape index (κ3) is 7.35. The molecule has 0 fully saturated rings. The number of halogens is 1. The number of benzene rings is 3. The van der Waals surface area contributed by atoms with Crippen molar-refractivity contribution in [3.63, 3.8) is 0 Å². The largest absolute Gasteiger partial charge is 0.497 e. The molecule has 230 valence electrons. The number of sulfonamides is 1. The lowest BCUT2D eigenvalue weighted by Crippen LogP contribution is -2.50. The first-order valence-corrected chi connectivity index (χ1v) is 15.1. The van der Waals surface area contributed by atoms with Crippen LogP contribution in [0.1, 0.15) is 24.2 Å². The van der Waals surface area contributed by atoms with Gasteiger partial charge in [-0.2, -0.15) is 0 Å². The molecular weight excluding hydrogens is 579 g/mol. The smallest absolute Gasteiger partial charge is 0.321 e. The first-order chi connectivity index (χ1) is 20.4. The van der Waals surface area contributed by atoms with Gasteiger partial charge in [-0.1, -0.05) is 13.0 Å².